The maximum atomic E-state index is 13.3. The fraction of sp³-hybridized carbons (Fsp3) is 0.353. The predicted octanol–water partition coefficient (Wildman–Crippen LogP) is 2.12. The predicted molar refractivity (Wildman–Crippen MR) is 84.9 cm³/mol. The molecule has 1 aliphatic heterocycles. The van der Waals surface area contributed by atoms with E-state index in [9.17, 15) is 4.39 Å². The van der Waals surface area contributed by atoms with E-state index in [4.69, 9.17) is 4.52 Å². The Balaban J connectivity index is 1.64. The topological polar surface area (TPSA) is 68.8 Å². The first-order valence-corrected chi connectivity index (χ1v) is 8.05. The van der Waals surface area contributed by atoms with Crippen LogP contribution in [0, 0.1) is 5.82 Å². The number of benzene rings is 1. The van der Waals surface area contributed by atoms with Gasteiger partial charge in [-0.1, -0.05) is 17.3 Å². The lowest BCUT2D eigenvalue weighted by molar-refractivity contribution is 0.172. The van der Waals surface area contributed by atoms with Gasteiger partial charge in [0, 0.05) is 18.8 Å². The monoisotopic (exact) mass is 327 g/mol. The minimum absolute atomic E-state index is 0.261. The molecule has 3 heterocycles. The van der Waals surface area contributed by atoms with Gasteiger partial charge in [0.1, 0.15) is 11.4 Å². The van der Waals surface area contributed by atoms with Gasteiger partial charge >= 0.3 is 0 Å². The molecule has 0 aliphatic carbocycles. The van der Waals surface area contributed by atoms with E-state index in [2.05, 4.69) is 20.6 Å². The average Bonchev–Trinajstić information content (AvgIpc) is 3.28. The van der Waals surface area contributed by atoms with Crippen molar-refractivity contribution in [2.24, 2.45) is 0 Å². The lowest BCUT2D eigenvalue weighted by Gasteiger charge is -2.34. The summed E-state index contributed by atoms with van der Waals surface area (Å²) in [7, 11) is 0. The summed E-state index contributed by atoms with van der Waals surface area (Å²) in [5.41, 5.74) is 0.405. The van der Waals surface area contributed by atoms with Crippen molar-refractivity contribution in [1.29, 1.82) is 0 Å². The number of hydrogen-bond acceptors (Lipinski definition) is 5. The zero-order valence-corrected chi connectivity index (χ0v) is 13.2. The molecule has 1 N–H and O–H groups in total. The highest BCUT2D eigenvalue weighted by atomic mass is 19.1. The summed E-state index contributed by atoms with van der Waals surface area (Å²) < 4.78 is 20.8. The Morgan fingerprint density at radius 1 is 1.25 bits per heavy atom. The van der Waals surface area contributed by atoms with Gasteiger partial charge in [-0.2, -0.15) is 10.1 Å². The van der Waals surface area contributed by atoms with Crippen molar-refractivity contribution in [3.05, 3.63) is 65.8 Å². The smallest absolute Gasteiger partial charge is 0.254 e. The van der Waals surface area contributed by atoms with Crippen LogP contribution in [-0.2, 0) is 12.0 Å². The molecule has 1 fully saturated rings. The van der Waals surface area contributed by atoms with Gasteiger partial charge in [0.25, 0.3) is 5.89 Å². The van der Waals surface area contributed by atoms with Gasteiger partial charge in [-0.25, -0.2) is 4.39 Å². The molecule has 1 aromatic carbocycles. The fourth-order valence-electron chi connectivity index (χ4n) is 3.25. The van der Waals surface area contributed by atoms with Gasteiger partial charge in [-0.05, 0) is 49.7 Å². The molecule has 1 aliphatic rings. The third-order valence-corrected chi connectivity index (χ3v) is 4.49. The lowest BCUT2D eigenvalue weighted by atomic mass is 9.88. The van der Waals surface area contributed by atoms with E-state index in [0.29, 0.717) is 18.1 Å². The van der Waals surface area contributed by atoms with Crippen molar-refractivity contribution in [1.82, 2.24) is 25.2 Å². The van der Waals surface area contributed by atoms with Crippen LogP contribution in [0.4, 0.5) is 4.39 Å². The highest BCUT2D eigenvalue weighted by molar-refractivity contribution is 5.20. The minimum atomic E-state index is -0.415. The summed E-state index contributed by atoms with van der Waals surface area (Å²) >= 11 is 0. The standard InChI is InChI=1S/C17H18FN5O/c18-14-4-1-3-13(11-14)12-15-21-16(24-22-15)17(5-8-19-9-6-17)23-10-2-7-20-23/h1-4,7,10-11,19H,5-6,8-9,12H2. The molecule has 0 amide bonds. The lowest BCUT2D eigenvalue weighted by Crippen LogP contribution is -2.45. The van der Waals surface area contributed by atoms with Crippen molar-refractivity contribution in [2.45, 2.75) is 24.8 Å². The Labute approximate surface area is 138 Å². The molecule has 0 bridgehead atoms. The largest absolute Gasteiger partial charge is 0.337 e. The molecule has 6 nitrogen and oxygen atoms in total. The van der Waals surface area contributed by atoms with E-state index in [1.54, 1.807) is 12.3 Å². The van der Waals surface area contributed by atoms with Gasteiger partial charge in [0.2, 0.25) is 0 Å². The molecule has 0 saturated carbocycles. The van der Waals surface area contributed by atoms with Crippen LogP contribution in [0.15, 0.2) is 47.2 Å². The molecule has 0 unspecified atom stereocenters. The molecular formula is C17H18FN5O. The second-order valence-electron chi connectivity index (χ2n) is 6.05. The van der Waals surface area contributed by atoms with Gasteiger partial charge in [-0.15, -0.1) is 0 Å². The van der Waals surface area contributed by atoms with E-state index in [1.165, 1.54) is 12.1 Å². The Morgan fingerprint density at radius 2 is 2.12 bits per heavy atom. The number of aromatic nitrogens is 4. The number of nitrogens with zero attached hydrogens (tertiary/aromatic N) is 4. The van der Waals surface area contributed by atoms with Gasteiger partial charge < -0.3 is 9.84 Å². The van der Waals surface area contributed by atoms with Crippen LogP contribution in [-0.4, -0.2) is 33.0 Å². The summed E-state index contributed by atoms with van der Waals surface area (Å²) in [4.78, 5) is 4.60. The zero-order valence-electron chi connectivity index (χ0n) is 13.2. The van der Waals surface area contributed by atoms with Crippen LogP contribution in [0.1, 0.15) is 30.1 Å². The highest BCUT2D eigenvalue weighted by Gasteiger charge is 2.41. The van der Waals surface area contributed by atoms with Crippen molar-refractivity contribution in [3.8, 4) is 0 Å². The third-order valence-electron chi connectivity index (χ3n) is 4.49. The number of rotatable bonds is 4. The van der Waals surface area contributed by atoms with E-state index in [1.807, 2.05) is 23.0 Å². The molecule has 124 valence electrons. The van der Waals surface area contributed by atoms with Crippen molar-refractivity contribution in [3.63, 3.8) is 0 Å². The third kappa shape index (κ3) is 2.71. The molecule has 0 spiro atoms. The molecule has 2 aromatic heterocycles. The summed E-state index contributed by atoms with van der Waals surface area (Å²) in [6, 6.07) is 8.35. The van der Waals surface area contributed by atoms with Crippen molar-refractivity contribution >= 4 is 0 Å². The zero-order chi connectivity index (χ0) is 16.4. The van der Waals surface area contributed by atoms with Crippen LogP contribution in [0.3, 0.4) is 0 Å². The summed E-state index contributed by atoms with van der Waals surface area (Å²) in [5, 5.41) is 11.9. The first-order chi connectivity index (χ1) is 11.8. The second kappa shape index (κ2) is 6.16. The highest BCUT2D eigenvalue weighted by Crippen LogP contribution is 2.33. The first kappa shape index (κ1) is 15.0. The Bertz CT molecular complexity index is 808. The molecule has 0 atom stereocenters. The number of nitrogens with one attached hydrogen (secondary N) is 1. The first-order valence-electron chi connectivity index (χ1n) is 8.05. The SMILES string of the molecule is Fc1cccc(Cc2noc(C3(n4cccn4)CCNCC3)n2)c1. The van der Waals surface area contributed by atoms with Gasteiger partial charge in [0.15, 0.2) is 5.82 Å². The molecular weight excluding hydrogens is 309 g/mol. The number of piperidine rings is 1. The van der Waals surface area contributed by atoms with Crippen LogP contribution in [0.2, 0.25) is 0 Å². The maximum Gasteiger partial charge on any atom is 0.254 e. The Kier molecular flexibility index (Phi) is 3.86. The molecule has 1 saturated heterocycles. The molecule has 3 aromatic rings. The van der Waals surface area contributed by atoms with Crippen LogP contribution in [0.5, 0.6) is 0 Å². The van der Waals surface area contributed by atoms with Crippen LogP contribution >= 0.6 is 0 Å². The fourth-order valence-corrected chi connectivity index (χ4v) is 3.25. The normalized spacial score (nSPS) is 17.0. The number of halogens is 1. The summed E-state index contributed by atoms with van der Waals surface area (Å²) in [5.74, 6) is 0.863. The molecule has 24 heavy (non-hydrogen) atoms. The quantitative estimate of drug-likeness (QED) is 0.795. The Hall–Kier alpha value is -2.54. The van der Waals surface area contributed by atoms with Crippen LogP contribution in [0.25, 0.3) is 0 Å². The number of hydrogen-bond donors (Lipinski definition) is 1. The molecule has 0 radical (unpaired) electrons. The summed E-state index contributed by atoms with van der Waals surface area (Å²) in [6.07, 6.45) is 5.79. The van der Waals surface area contributed by atoms with E-state index in [0.717, 1.165) is 31.5 Å². The Morgan fingerprint density at radius 3 is 2.88 bits per heavy atom. The second-order valence-corrected chi connectivity index (χ2v) is 6.05. The average molecular weight is 327 g/mol. The molecule has 7 heteroatoms. The van der Waals surface area contributed by atoms with Crippen LogP contribution < -0.4 is 5.32 Å². The van der Waals surface area contributed by atoms with E-state index >= 15 is 0 Å². The molecule has 4 rings (SSSR count). The van der Waals surface area contributed by atoms with E-state index < -0.39 is 5.54 Å². The van der Waals surface area contributed by atoms with Gasteiger partial charge in [0.05, 0.1) is 0 Å². The van der Waals surface area contributed by atoms with Crippen molar-refractivity contribution in [2.75, 3.05) is 13.1 Å². The van der Waals surface area contributed by atoms with Crippen molar-refractivity contribution < 1.29 is 8.91 Å². The maximum absolute atomic E-state index is 13.3. The minimum Gasteiger partial charge on any atom is -0.337 e. The van der Waals surface area contributed by atoms with E-state index in [-0.39, 0.29) is 5.82 Å². The van der Waals surface area contributed by atoms with Gasteiger partial charge in [-0.3, -0.25) is 4.68 Å². The summed E-state index contributed by atoms with van der Waals surface area (Å²) in [6.45, 7) is 1.73.